The first-order valence-electron chi connectivity index (χ1n) is 10.3. The van der Waals surface area contributed by atoms with Crippen molar-refractivity contribution >= 4 is 17.5 Å². The lowest BCUT2D eigenvalue weighted by molar-refractivity contribution is -0.142. The highest BCUT2D eigenvalue weighted by molar-refractivity contribution is 6.13. The normalized spacial score (nSPS) is 14.4. The van der Waals surface area contributed by atoms with Gasteiger partial charge >= 0.3 is 0 Å². The summed E-state index contributed by atoms with van der Waals surface area (Å²) in [7, 11) is 0. The van der Waals surface area contributed by atoms with E-state index < -0.39 is 5.41 Å². The largest absolute Gasteiger partial charge is 0.338 e. The van der Waals surface area contributed by atoms with E-state index in [-0.39, 0.29) is 11.8 Å². The topological polar surface area (TPSA) is 49.4 Å². The molecule has 1 N–H and O–H groups in total. The fourth-order valence-corrected chi connectivity index (χ4v) is 3.73. The van der Waals surface area contributed by atoms with E-state index in [1.165, 1.54) is 0 Å². The molecule has 4 nitrogen and oxygen atoms in total. The minimum atomic E-state index is -0.906. The molecule has 4 heteroatoms. The predicted octanol–water partition coefficient (Wildman–Crippen LogP) is 4.58. The van der Waals surface area contributed by atoms with Crippen LogP contribution in [0.4, 0.5) is 5.69 Å². The zero-order chi connectivity index (χ0) is 20.1. The zero-order valence-corrected chi connectivity index (χ0v) is 17.1. The quantitative estimate of drug-likeness (QED) is 0.684. The van der Waals surface area contributed by atoms with E-state index in [1.807, 2.05) is 55.5 Å². The van der Waals surface area contributed by atoms with Crippen LogP contribution in [0.25, 0.3) is 0 Å². The van der Waals surface area contributed by atoms with Crippen molar-refractivity contribution in [2.45, 2.75) is 53.0 Å². The van der Waals surface area contributed by atoms with Gasteiger partial charge in [-0.25, -0.2) is 0 Å². The average Bonchev–Trinajstić information content (AvgIpc) is 3.54. The maximum atomic E-state index is 13.3. The lowest BCUT2D eigenvalue weighted by Crippen LogP contribution is -2.42. The summed E-state index contributed by atoms with van der Waals surface area (Å²) in [6.45, 7) is 7.27. The Balaban J connectivity index is 1.79. The van der Waals surface area contributed by atoms with Gasteiger partial charge in [-0.05, 0) is 49.3 Å². The van der Waals surface area contributed by atoms with Gasteiger partial charge in [0.1, 0.15) is 5.41 Å². The number of amides is 2. The van der Waals surface area contributed by atoms with Crippen molar-refractivity contribution in [3.05, 3.63) is 65.2 Å². The van der Waals surface area contributed by atoms with E-state index in [0.717, 1.165) is 35.2 Å². The Labute approximate surface area is 167 Å². The summed E-state index contributed by atoms with van der Waals surface area (Å²) in [5.41, 5.74) is 3.30. The van der Waals surface area contributed by atoms with Gasteiger partial charge in [-0.3, -0.25) is 9.59 Å². The van der Waals surface area contributed by atoms with E-state index in [4.69, 9.17) is 0 Å². The number of hydrogen-bond donors (Lipinski definition) is 1. The SMILES string of the molecule is CCc1cccc(CC)c1NC(=O)C1(C(=O)N(CC)Cc2ccccc2)CC1. The number of rotatable bonds is 8. The van der Waals surface area contributed by atoms with E-state index in [0.29, 0.717) is 25.9 Å². The molecule has 148 valence electrons. The third kappa shape index (κ3) is 3.96. The molecule has 2 amide bonds. The number of nitrogens with one attached hydrogen (secondary N) is 1. The number of anilines is 1. The minimum Gasteiger partial charge on any atom is -0.338 e. The number of hydrogen-bond acceptors (Lipinski definition) is 2. The van der Waals surface area contributed by atoms with Crippen LogP contribution >= 0.6 is 0 Å². The standard InChI is InChI=1S/C24H30N2O2/c1-4-19-13-10-14-20(5-2)21(19)25-22(27)24(15-16-24)23(28)26(6-3)17-18-11-8-7-9-12-18/h7-14H,4-6,15-17H2,1-3H3,(H,25,27). The van der Waals surface area contributed by atoms with Crippen LogP contribution in [0.5, 0.6) is 0 Å². The highest BCUT2D eigenvalue weighted by Crippen LogP contribution is 2.48. The Bertz CT molecular complexity index is 819. The summed E-state index contributed by atoms with van der Waals surface area (Å²) in [4.78, 5) is 28.3. The Morgan fingerprint density at radius 3 is 2.04 bits per heavy atom. The minimum absolute atomic E-state index is 0.0524. The van der Waals surface area contributed by atoms with Crippen molar-refractivity contribution < 1.29 is 9.59 Å². The molecule has 0 heterocycles. The number of benzene rings is 2. The second-order valence-electron chi connectivity index (χ2n) is 7.50. The Kier molecular flexibility index (Phi) is 6.18. The van der Waals surface area contributed by atoms with Crippen molar-refractivity contribution in [3.63, 3.8) is 0 Å². The van der Waals surface area contributed by atoms with Crippen molar-refractivity contribution in [3.8, 4) is 0 Å². The van der Waals surface area contributed by atoms with E-state index in [9.17, 15) is 9.59 Å². The van der Waals surface area contributed by atoms with Crippen molar-refractivity contribution in [1.82, 2.24) is 4.90 Å². The first-order chi connectivity index (χ1) is 13.6. The summed E-state index contributed by atoms with van der Waals surface area (Å²) >= 11 is 0. The first kappa shape index (κ1) is 20.1. The van der Waals surface area contributed by atoms with Gasteiger partial charge < -0.3 is 10.2 Å². The highest BCUT2D eigenvalue weighted by atomic mass is 16.2. The van der Waals surface area contributed by atoms with E-state index in [2.05, 4.69) is 19.2 Å². The summed E-state index contributed by atoms with van der Waals surface area (Å²) in [6, 6.07) is 16.1. The molecule has 1 aliphatic carbocycles. The third-order valence-electron chi connectivity index (χ3n) is 5.72. The average molecular weight is 379 g/mol. The number of carbonyl (C=O) groups excluding carboxylic acids is 2. The monoisotopic (exact) mass is 378 g/mol. The van der Waals surface area contributed by atoms with Gasteiger partial charge in [0.15, 0.2) is 0 Å². The Hall–Kier alpha value is -2.62. The zero-order valence-electron chi connectivity index (χ0n) is 17.1. The Morgan fingerprint density at radius 2 is 1.54 bits per heavy atom. The van der Waals surface area contributed by atoms with Gasteiger partial charge in [0.25, 0.3) is 0 Å². The molecule has 3 rings (SSSR count). The summed E-state index contributed by atoms with van der Waals surface area (Å²) in [5.74, 6) is -0.206. The lowest BCUT2D eigenvalue weighted by Gasteiger charge is -2.26. The van der Waals surface area contributed by atoms with Crippen LogP contribution < -0.4 is 5.32 Å². The summed E-state index contributed by atoms with van der Waals surface area (Å²) < 4.78 is 0. The van der Waals surface area contributed by atoms with Crippen LogP contribution in [-0.4, -0.2) is 23.3 Å². The highest BCUT2D eigenvalue weighted by Gasteiger charge is 2.58. The predicted molar refractivity (Wildman–Crippen MR) is 113 cm³/mol. The van der Waals surface area contributed by atoms with Crippen molar-refractivity contribution in [2.24, 2.45) is 5.41 Å². The van der Waals surface area contributed by atoms with E-state index in [1.54, 1.807) is 4.90 Å². The van der Waals surface area contributed by atoms with Crippen LogP contribution in [0.3, 0.4) is 0 Å². The fraction of sp³-hybridized carbons (Fsp3) is 0.417. The number of nitrogens with zero attached hydrogens (tertiary/aromatic N) is 1. The molecule has 0 aromatic heterocycles. The van der Waals surface area contributed by atoms with Crippen LogP contribution in [0.1, 0.15) is 50.3 Å². The molecule has 0 bridgehead atoms. The maximum absolute atomic E-state index is 13.3. The van der Waals surface area contributed by atoms with Gasteiger partial charge in [0, 0.05) is 18.8 Å². The van der Waals surface area contributed by atoms with Crippen LogP contribution in [0.2, 0.25) is 0 Å². The molecule has 2 aromatic rings. The smallest absolute Gasteiger partial charge is 0.240 e. The van der Waals surface area contributed by atoms with Gasteiger partial charge in [-0.1, -0.05) is 62.4 Å². The van der Waals surface area contributed by atoms with Crippen molar-refractivity contribution in [1.29, 1.82) is 0 Å². The molecule has 1 fully saturated rings. The second-order valence-corrected chi connectivity index (χ2v) is 7.50. The molecule has 0 saturated heterocycles. The molecule has 28 heavy (non-hydrogen) atoms. The van der Waals surface area contributed by atoms with Gasteiger partial charge in [0.05, 0.1) is 0 Å². The van der Waals surface area contributed by atoms with Crippen LogP contribution in [0.15, 0.2) is 48.5 Å². The summed E-state index contributed by atoms with van der Waals surface area (Å²) in [6.07, 6.45) is 2.94. The molecule has 0 unspecified atom stereocenters. The van der Waals surface area contributed by atoms with Gasteiger partial charge in [-0.15, -0.1) is 0 Å². The molecule has 1 saturated carbocycles. The number of aryl methyl sites for hydroxylation is 2. The third-order valence-corrected chi connectivity index (χ3v) is 5.72. The molecule has 1 aliphatic rings. The molecule has 0 aliphatic heterocycles. The number of para-hydroxylation sites is 1. The van der Waals surface area contributed by atoms with Crippen LogP contribution in [0, 0.1) is 5.41 Å². The molecule has 0 atom stereocenters. The molecule has 0 radical (unpaired) electrons. The summed E-state index contributed by atoms with van der Waals surface area (Å²) in [5, 5.41) is 3.12. The molecular formula is C24H30N2O2. The van der Waals surface area contributed by atoms with Gasteiger partial charge in [0.2, 0.25) is 11.8 Å². The van der Waals surface area contributed by atoms with Crippen molar-refractivity contribution in [2.75, 3.05) is 11.9 Å². The molecule has 0 spiro atoms. The fourth-order valence-electron chi connectivity index (χ4n) is 3.73. The molecular weight excluding hydrogens is 348 g/mol. The maximum Gasteiger partial charge on any atom is 0.240 e. The Morgan fingerprint density at radius 1 is 0.929 bits per heavy atom. The van der Waals surface area contributed by atoms with Gasteiger partial charge in [-0.2, -0.15) is 0 Å². The second kappa shape index (κ2) is 8.59. The first-order valence-corrected chi connectivity index (χ1v) is 10.3. The van der Waals surface area contributed by atoms with E-state index >= 15 is 0 Å². The molecule has 2 aromatic carbocycles. The van der Waals surface area contributed by atoms with Crippen LogP contribution in [-0.2, 0) is 29.0 Å². The lowest BCUT2D eigenvalue weighted by atomic mass is 9.99. The number of carbonyl (C=O) groups is 2.